The number of carbonyl (C=O) groups excluding carboxylic acids is 2. The second-order valence-corrected chi connectivity index (χ2v) is 7.64. The van der Waals surface area contributed by atoms with Crippen LogP contribution in [0.5, 0.6) is 5.75 Å². The summed E-state index contributed by atoms with van der Waals surface area (Å²) in [5.74, 6) is 6.52. The van der Waals surface area contributed by atoms with Crippen LogP contribution in [0.1, 0.15) is 18.4 Å². The van der Waals surface area contributed by atoms with Crippen LogP contribution in [-0.4, -0.2) is 67.1 Å². The van der Waals surface area contributed by atoms with Crippen molar-refractivity contribution in [1.82, 2.24) is 9.80 Å². The zero-order chi connectivity index (χ0) is 20.4. The van der Waals surface area contributed by atoms with Gasteiger partial charge >= 0.3 is 12.6 Å². The zero-order valence-corrected chi connectivity index (χ0v) is 15.9. The van der Waals surface area contributed by atoms with Crippen molar-refractivity contribution in [2.75, 3.05) is 32.8 Å². The molecule has 0 aliphatic carbocycles. The van der Waals surface area contributed by atoms with Crippen LogP contribution in [0.3, 0.4) is 0 Å². The van der Waals surface area contributed by atoms with Gasteiger partial charge in [-0.25, -0.2) is 4.79 Å². The maximum absolute atomic E-state index is 12.7. The molecular weight excluding hydrogens is 382 g/mol. The maximum atomic E-state index is 12.7. The Kier molecular flexibility index (Phi) is 5.67. The minimum atomic E-state index is -2.85. The Labute approximate surface area is 167 Å². The highest BCUT2D eigenvalue weighted by Gasteiger charge is 2.39. The van der Waals surface area contributed by atoms with Crippen LogP contribution in [0.25, 0.3) is 0 Å². The maximum Gasteiger partial charge on any atom is 0.387 e. The zero-order valence-electron chi connectivity index (χ0n) is 15.9. The predicted molar refractivity (Wildman–Crippen MR) is 99.5 cm³/mol. The largest absolute Gasteiger partial charge is 0.435 e. The summed E-state index contributed by atoms with van der Waals surface area (Å²) in [6, 6.07) is 6.16. The molecule has 3 heterocycles. The van der Waals surface area contributed by atoms with Crippen molar-refractivity contribution in [1.29, 1.82) is 0 Å². The van der Waals surface area contributed by atoms with Crippen LogP contribution < -0.4 is 4.74 Å². The van der Waals surface area contributed by atoms with E-state index in [1.54, 1.807) is 17.0 Å². The minimum Gasteiger partial charge on any atom is -0.435 e. The number of carbonyl (C=O) groups is 2. The molecule has 0 aromatic heterocycles. The number of alkyl halides is 2. The number of halogens is 2. The molecule has 8 heteroatoms. The van der Waals surface area contributed by atoms with Gasteiger partial charge in [0.15, 0.2) is 5.78 Å². The number of hydrogen-bond acceptors (Lipinski definition) is 4. The van der Waals surface area contributed by atoms with E-state index in [2.05, 4.69) is 16.6 Å². The standard InChI is InChI=1S/C21H22F2N2O4/c22-20(23)29-18-5-3-14(4-6-18)1-2-15-10-25(11-15)21(27)24-8-7-19-16(12-24)9-17(26)13-28-19/h3-6,15-16,19-20H,7-13H2/t16-,19+/m1/s1. The van der Waals surface area contributed by atoms with Gasteiger partial charge in [0, 0.05) is 44.1 Å². The van der Waals surface area contributed by atoms with E-state index in [1.165, 1.54) is 12.1 Å². The summed E-state index contributed by atoms with van der Waals surface area (Å²) in [5.41, 5.74) is 0.709. The van der Waals surface area contributed by atoms with Crippen LogP contribution in [-0.2, 0) is 9.53 Å². The Morgan fingerprint density at radius 1 is 1.17 bits per heavy atom. The molecule has 3 saturated heterocycles. The Morgan fingerprint density at radius 2 is 1.93 bits per heavy atom. The number of ketones is 1. The summed E-state index contributed by atoms with van der Waals surface area (Å²) < 4.78 is 34.2. The molecular formula is C21H22F2N2O4. The summed E-state index contributed by atoms with van der Waals surface area (Å²) in [4.78, 5) is 27.9. The van der Waals surface area contributed by atoms with Crippen molar-refractivity contribution in [2.24, 2.45) is 11.8 Å². The predicted octanol–water partition coefficient (Wildman–Crippen LogP) is 2.37. The quantitative estimate of drug-likeness (QED) is 0.711. The summed E-state index contributed by atoms with van der Waals surface area (Å²) in [5, 5.41) is 0. The van der Waals surface area contributed by atoms with Gasteiger partial charge in [-0.3, -0.25) is 4.79 Å². The monoisotopic (exact) mass is 404 g/mol. The van der Waals surface area contributed by atoms with Crippen molar-refractivity contribution < 1.29 is 27.8 Å². The van der Waals surface area contributed by atoms with Gasteiger partial charge in [0.2, 0.25) is 0 Å². The molecule has 2 amide bonds. The molecule has 0 spiro atoms. The van der Waals surface area contributed by atoms with E-state index in [1.807, 2.05) is 4.90 Å². The topological polar surface area (TPSA) is 59.1 Å². The first kappa shape index (κ1) is 19.6. The molecule has 0 N–H and O–H groups in total. The third-order valence-corrected chi connectivity index (χ3v) is 5.54. The van der Waals surface area contributed by atoms with E-state index >= 15 is 0 Å². The molecule has 154 valence electrons. The fourth-order valence-corrected chi connectivity index (χ4v) is 3.98. The molecule has 1 aromatic carbocycles. The van der Waals surface area contributed by atoms with E-state index in [9.17, 15) is 18.4 Å². The average Bonchev–Trinajstić information content (AvgIpc) is 2.66. The second kappa shape index (κ2) is 8.37. The van der Waals surface area contributed by atoms with Crippen LogP contribution in [0.15, 0.2) is 24.3 Å². The van der Waals surface area contributed by atoms with Gasteiger partial charge in [0.05, 0.1) is 12.0 Å². The molecule has 3 aliphatic heterocycles. The number of fused-ring (bicyclic) bond motifs is 1. The van der Waals surface area contributed by atoms with Gasteiger partial charge in [-0.05, 0) is 30.7 Å². The second-order valence-electron chi connectivity index (χ2n) is 7.64. The van der Waals surface area contributed by atoms with Gasteiger partial charge in [-0.2, -0.15) is 8.78 Å². The van der Waals surface area contributed by atoms with Gasteiger partial charge < -0.3 is 19.3 Å². The SMILES string of the molecule is O=C1CO[C@H]2CCN(C(=O)N3CC(C#Cc4ccc(OC(F)F)cc4)C3)C[C@H]2C1. The molecule has 1 aromatic rings. The van der Waals surface area contributed by atoms with Crippen LogP contribution >= 0.6 is 0 Å². The molecule has 29 heavy (non-hydrogen) atoms. The normalized spacial score (nSPS) is 24.4. The van der Waals surface area contributed by atoms with Gasteiger partial charge in [0.25, 0.3) is 0 Å². The fourth-order valence-electron chi connectivity index (χ4n) is 3.98. The number of ether oxygens (including phenoxy) is 2. The average molecular weight is 404 g/mol. The molecule has 4 rings (SSSR count). The van der Waals surface area contributed by atoms with E-state index < -0.39 is 6.61 Å². The molecule has 3 aliphatic rings. The Balaban J connectivity index is 1.25. The summed E-state index contributed by atoms with van der Waals surface area (Å²) in [6.45, 7) is -0.300. The number of amides is 2. The van der Waals surface area contributed by atoms with Crippen molar-refractivity contribution >= 4 is 11.8 Å². The van der Waals surface area contributed by atoms with Gasteiger partial charge in [-0.1, -0.05) is 11.8 Å². The van der Waals surface area contributed by atoms with E-state index in [4.69, 9.17) is 4.74 Å². The lowest BCUT2D eigenvalue weighted by molar-refractivity contribution is -0.140. The third kappa shape index (κ3) is 4.67. The van der Waals surface area contributed by atoms with Crippen molar-refractivity contribution in [2.45, 2.75) is 25.6 Å². The fraction of sp³-hybridized carbons (Fsp3) is 0.524. The highest BCUT2D eigenvalue weighted by Crippen LogP contribution is 2.28. The molecule has 0 saturated carbocycles. The Morgan fingerprint density at radius 3 is 2.66 bits per heavy atom. The van der Waals surface area contributed by atoms with Crippen molar-refractivity contribution in [3.63, 3.8) is 0 Å². The first-order valence-electron chi connectivity index (χ1n) is 9.71. The highest BCUT2D eigenvalue weighted by molar-refractivity contribution is 5.81. The van der Waals surface area contributed by atoms with Crippen molar-refractivity contribution in [3.8, 4) is 17.6 Å². The summed E-state index contributed by atoms with van der Waals surface area (Å²) >= 11 is 0. The van der Waals surface area contributed by atoms with Crippen LogP contribution in [0.4, 0.5) is 13.6 Å². The molecule has 0 unspecified atom stereocenters. The van der Waals surface area contributed by atoms with E-state index in [-0.39, 0.29) is 42.1 Å². The van der Waals surface area contributed by atoms with Crippen molar-refractivity contribution in [3.05, 3.63) is 29.8 Å². The number of likely N-dealkylation sites (tertiary alicyclic amines) is 2. The lowest BCUT2D eigenvalue weighted by atomic mass is 9.88. The molecule has 6 nitrogen and oxygen atoms in total. The Bertz CT molecular complexity index is 827. The number of piperidine rings is 1. The third-order valence-electron chi connectivity index (χ3n) is 5.54. The molecule has 2 atom stereocenters. The number of hydrogen-bond donors (Lipinski definition) is 0. The highest BCUT2D eigenvalue weighted by atomic mass is 19.3. The van der Waals surface area contributed by atoms with Gasteiger partial charge in [-0.15, -0.1) is 0 Å². The molecule has 0 radical (unpaired) electrons. The lowest BCUT2D eigenvalue weighted by Gasteiger charge is -2.45. The van der Waals surface area contributed by atoms with E-state index in [0.717, 1.165) is 6.42 Å². The summed E-state index contributed by atoms with van der Waals surface area (Å²) in [7, 11) is 0. The Hall–Kier alpha value is -2.66. The number of nitrogens with zero attached hydrogens (tertiary/aromatic N) is 2. The number of urea groups is 1. The first-order valence-corrected chi connectivity index (χ1v) is 9.71. The van der Waals surface area contributed by atoms with Crippen LogP contribution in [0.2, 0.25) is 0 Å². The molecule has 3 fully saturated rings. The number of benzene rings is 1. The van der Waals surface area contributed by atoms with Crippen LogP contribution in [0, 0.1) is 23.7 Å². The molecule has 0 bridgehead atoms. The van der Waals surface area contributed by atoms with Gasteiger partial charge in [0.1, 0.15) is 12.4 Å². The first-order chi connectivity index (χ1) is 14.0. The summed E-state index contributed by atoms with van der Waals surface area (Å²) in [6.07, 6.45) is 1.35. The number of Topliss-reactive ketones (excluding diaryl/α,β-unsaturated/α-hetero) is 1. The minimum absolute atomic E-state index is 0.00646. The van der Waals surface area contributed by atoms with E-state index in [0.29, 0.717) is 38.2 Å². The lowest BCUT2D eigenvalue weighted by Crippen LogP contribution is -2.58. The smallest absolute Gasteiger partial charge is 0.387 e. The number of rotatable bonds is 2.